The fourth-order valence-corrected chi connectivity index (χ4v) is 2.95. The summed E-state index contributed by atoms with van der Waals surface area (Å²) in [5, 5.41) is 1.27. The molecule has 0 spiro atoms. The highest BCUT2D eigenvalue weighted by atomic mass is 35.5. The number of benzene rings is 2. The van der Waals surface area contributed by atoms with Crippen molar-refractivity contribution in [3.05, 3.63) is 46.4 Å². The number of hydrogen-bond acceptors (Lipinski definition) is 2. The van der Waals surface area contributed by atoms with E-state index >= 15 is 0 Å². The van der Waals surface area contributed by atoms with Crippen LogP contribution in [0.1, 0.15) is 13.3 Å². The van der Waals surface area contributed by atoms with Gasteiger partial charge in [0, 0.05) is 17.3 Å². The molecule has 0 amide bonds. The molecule has 1 aromatic heterocycles. The first-order valence-corrected chi connectivity index (χ1v) is 7.57. The van der Waals surface area contributed by atoms with Crippen LogP contribution in [0.4, 0.5) is 5.69 Å². The van der Waals surface area contributed by atoms with E-state index in [1.54, 1.807) is 0 Å². The smallest absolute Gasteiger partial charge is 0.144 e. The highest BCUT2D eigenvalue weighted by Gasteiger charge is 2.17. The number of imidazole rings is 1. The van der Waals surface area contributed by atoms with Crippen LogP contribution in [-0.4, -0.2) is 9.55 Å². The second-order valence-corrected chi connectivity index (χ2v) is 5.77. The van der Waals surface area contributed by atoms with Crippen molar-refractivity contribution in [3.8, 4) is 11.4 Å². The highest BCUT2D eigenvalue weighted by molar-refractivity contribution is 6.34. The molecule has 21 heavy (non-hydrogen) atoms. The lowest BCUT2D eigenvalue weighted by Crippen LogP contribution is -2.02. The molecule has 3 rings (SSSR count). The van der Waals surface area contributed by atoms with E-state index in [1.807, 2.05) is 36.4 Å². The van der Waals surface area contributed by atoms with Crippen molar-refractivity contribution in [1.29, 1.82) is 0 Å². The van der Waals surface area contributed by atoms with Gasteiger partial charge in [-0.05, 0) is 36.8 Å². The third-order valence-electron chi connectivity index (χ3n) is 3.43. The van der Waals surface area contributed by atoms with Gasteiger partial charge in [-0.25, -0.2) is 4.98 Å². The Morgan fingerprint density at radius 1 is 1.19 bits per heavy atom. The summed E-state index contributed by atoms with van der Waals surface area (Å²) in [6.45, 7) is 2.97. The number of nitrogen functional groups attached to an aromatic ring is 1. The molecule has 0 unspecified atom stereocenters. The van der Waals surface area contributed by atoms with Gasteiger partial charge in [0.05, 0.1) is 21.6 Å². The molecule has 2 N–H and O–H groups in total. The van der Waals surface area contributed by atoms with Crippen molar-refractivity contribution < 1.29 is 0 Å². The number of nitrogens with zero attached hydrogens (tertiary/aromatic N) is 2. The molecule has 0 saturated heterocycles. The monoisotopic (exact) mass is 319 g/mol. The molecular formula is C16H15Cl2N3. The molecular weight excluding hydrogens is 305 g/mol. The molecule has 3 nitrogen and oxygen atoms in total. The third kappa shape index (κ3) is 2.47. The van der Waals surface area contributed by atoms with Crippen LogP contribution >= 0.6 is 23.2 Å². The van der Waals surface area contributed by atoms with Gasteiger partial charge < -0.3 is 10.3 Å². The van der Waals surface area contributed by atoms with Crippen LogP contribution in [0.2, 0.25) is 10.0 Å². The van der Waals surface area contributed by atoms with Gasteiger partial charge >= 0.3 is 0 Å². The zero-order valence-electron chi connectivity index (χ0n) is 11.6. The lowest BCUT2D eigenvalue weighted by molar-refractivity contribution is 0.704. The Balaban J connectivity index is 2.33. The predicted molar refractivity (Wildman–Crippen MR) is 89.9 cm³/mol. The predicted octanol–water partition coefficient (Wildman–Crippen LogP) is 5.00. The SMILES string of the molecule is CCCn1c(-c2c(N)cccc2Cl)nc2cc(Cl)ccc21. The minimum atomic E-state index is 0.605. The van der Waals surface area contributed by atoms with Crippen molar-refractivity contribution in [2.75, 3.05) is 5.73 Å². The molecule has 0 aliphatic rings. The maximum atomic E-state index is 6.34. The number of nitrogens with two attached hydrogens (primary N) is 1. The fraction of sp³-hybridized carbons (Fsp3) is 0.188. The Morgan fingerprint density at radius 3 is 2.71 bits per heavy atom. The van der Waals surface area contributed by atoms with Gasteiger partial charge in [0.15, 0.2) is 0 Å². The zero-order chi connectivity index (χ0) is 15.0. The summed E-state index contributed by atoms with van der Waals surface area (Å²) < 4.78 is 2.14. The van der Waals surface area contributed by atoms with Gasteiger partial charge in [0.2, 0.25) is 0 Å². The lowest BCUT2D eigenvalue weighted by Gasteiger charge is -2.11. The topological polar surface area (TPSA) is 43.8 Å². The molecule has 5 heteroatoms. The van der Waals surface area contributed by atoms with Crippen molar-refractivity contribution in [3.63, 3.8) is 0 Å². The molecule has 2 aromatic carbocycles. The first kappa shape index (κ1) is 14.2. The lowest BCUT2D eigenvalue weighted by atomic mass is 10.1. The zero-order valence-corrected chi connectivity index (χ0v) is 13.1. The highest BCUT2D eigenvalue weighted by Crippen LogP contribution is 2.35. The number of anilines is 1. The van der Waals surface area contributed by atoms with Crippen LogP contribution in [-0.2, 0) is 6.54 Å². The van der Waals surface area contributed by atoms with Crippen LogP contribution in [0, 0.1) is 0 Å². The molecule has 3 aromatic rings. The van der Waals surface area contributed by atoms with E-state index < -0.39 is 0 Å². The summed E-state index contributed by atoms with van der Waals surface area (Å²) >= 11 is 12.4. The first-order chi connectivity index (χ1) is 10.1. The Hall–Kier alpha value is -1.71. The van der Waals surface area contributed by atoms with Gasteiger partial charge in [-0.2, -0.15) is 0 Å². The van der Waals surface area contributed by atoms with Crippen molar-refractivity contribution >= 4 is 39.9 Å². The van der Waals surface area contributed by atoms with Gasteiger partial charge in [0.1, 0.15) is 5.82 Å². The first-order valence-electron chi connectivity index (χ1n) is 6.82. The summed E-state index contributed by atoms with van der Waals surface area (Å²) in [4.78, 5) is 4.70. The molecule has 0 radical (unpaired) electrons. The Morgan fingerprint density at radius 2 is 2.00 bits per heavy atom. The molecule has 0 fully saturated rings. The number of hydrogen-bond donors (Lipinski definition) is 1. The summed E-state index contributed by atoms with van der Waals surface area (Å²) in [6, 6.07) is 11.2. The van der Waals surface area contributed by atoms with E-state index in [4.69, 9.17) is 33.9 Å². The molecule has 0 saturated carbocycles. The van der Waals surface area contributed by atoms with E-state index in [0.29, 0.717) is 15.7 Å². The number of halogens is 2. The van der Waals surface area contributed by atoms with Gasteiger partial charge in [-0.1, -0.05) is 36.2 Å². The summed E-state index contributed by atoms with van der Waals surface area (Å²) in [5.41, 5.74) is 9.40. The van der Waals surface area contributed by atoms with E-state index in [1.165, 1.54) is 0 Å². The number of rotatable bonds is 3. The molecule has 0 aliphatic carbocycles. The maximum Gasteiger partial charge on any atom is 0.144 e. The Kier molecular flexibility index (Phi) is 3.79. The van der Waals surface area contributed by atoms with E-state index in [0.717, 1.165) is 35.4 Å². The van der Waals surface area contributed by atoms with E-state index in [9.17, 15) is 0 Å². The Bertz CT molecular complexity index is 788. The van der Waals surface area contributed by atoms with Gasteiger partial charge in [-0.3, -0.25) is 0 Å². The number of aryl methyl sites for hydroxylation is 1. The van der Waals surface area contributed by atoms with Crippen LogP contribution in [0.25, 0.3) is 22.4 Å². The minimum absolute atomic E-state index is 0.605. The molecule has 0 bridgehead atoms. The largest absolute Gasteiger partial charge is 0.398 e. The second-order valence-electron chi connectivity index (χ2n) is 4.92. The van der Waals surface area contributed by atoms with Gasteiger partial charge in [-0.15, -0.1) is 0 Å². The Labute approximate surface area is 133 Å². The molecule has 0 aliphatic heterocycles. The normalized spacial score (nSPS) is 11.2. The van der Waals surface area contributed by atoms with Crippen LogP contribution in [0.15, 0.2) is 36.4 Å². The quantitative estimate of drug-likeness (QED) is 0.690. The second kappa shape index (κ2) is 5.58. The third-order valence-corrected chi connectivity index (χ3v) is 3.98. The summed E-state index contributed by atoms with van der Waals surface area (Å²) in [5.74, 6) is 0.789. The maximum absolute atomic E-state index is 6.34. The van der Waals surface area contributed by atoms with Crippen molar-refractivity contribution in [1.82, 2.24) is 9.55 Å². The number of fused-ring (bicyclic) bond motifs is 1. The van der Waals surface area contributed by atoms with Crippen LogP contribution in [0.3, 0.4) is 0 Å². The molecule has 1 heterocycles. The molecule has 108 valence electrons. The van der Waals surface area contributed by atoms with Crippen molar-refractivity contribution in [2.24, 2.45) is 0 Å². The fourth-order valence-electron chi connectivity index (χ4n) is 2.52. The summed E-state index contributed by atoms with van der Waals surface area (Å²) in [6.07, 6.45) is 0.992. The van der Waals surface area contributed by atoms with Crippen LogP contribution in [0.5, 0.6) is 0 Å². The van der Waals surface area contributed by atoms with Crippen LogP contribution < -0.4 is 5.73 Å². The number of aromatic nitrogens is 2. The molecule has 0 atom stereocenters. The van der Waals surface area contributed by atoms with Crippen molar-refractivity contribution in [2.45, 2.75) is 19.9 Å². The average molecular weight is 320 g/mol. The average Bonchev–Trinajstić information content (AvgIpc) is 2.77. The van der Waals surface area contributed by atoms with E-state index in [-0.39, 0.29) is 0 Å². The van der Waals surface area contributed by atoms with Gasteiger partial charge in [0.25, 0.3) is 0 Å². The standard InChI is InChI=1S/C16H15Cl2N3/c1-2-8-21-14-7-6-10(17)9-13(14)20-16(21)15-11(18)4-3-5-12(15)19/h3-7,9H,2,8,19H2,1H3. The van der Waals surface area contributed by atoms with E-state index in [2.05, 4.69) is 11.5 Å². The summed E-state index contributed by atoms with van der Waals surface area (Å²) in [7, 11) is 0. The minimum Gasteiger partial charge on any atom is -0.398 e.